The predicted octanol–water partition coefficient (Wildman–Crippen LogP) is 9.29. The van der Waals surface area contributed by atoms with Crippen LogP contribution in [0.3, 0.4) is 0 Å². The van der Waals surface area contributed by atoms with Gasteiger partial charge in [0.15, 0.2) is 0 Å². The Morgan fingerprint density at radius 1 is 0.477 bits per heavy atom. The summed E-state index contributed by atoms with van der Waals surface area (Å²) in [5.41, 5.74) is 0. The largest absolute Gasteiger partial charge is 0.394 e. The van der Waals surface area contributed by atoms with Crippen molar-refractivity contribution in [3.63, 3.8) is 0 Å². The second kappa shape index (κ2) is 33.7. The quantitative estimate of drug-likeness (QED) is 0.0450. The first kappa shape index (κ1) is 43.3. The van der Waals surface area contributed by atoms with E-state index in [0.717, 1.165) is 38.5 Å². The number of amides is 1. The van der Waals surface area contributed by atoms with Crippen LogP contribution in [0, 0.1) is 0 Å². The van der Waals surface area contributed by atoms with Gasteiger partial charge in [-0.25, -0.2) is 0 Å². The molecule has 0 rings (SSSR count). The zero-order chi connectivity index (χ0) is 32.5. The van der Waals surface area contributed by atoms with Gasteiger partial charge in [-0.2, -0.15) is 0 Å². The van der Waals surface area contributed by atoms with E-state index in [0.29, 0.717) is 12.8 Å². The smallest absolute Gasteiger partial charge is 0.249 e. The fourth-order valence-electron chi connectivity index (χ4n) is 6.17. The van der Waals surface area contributed by atoms with Gasteiger partial charge in [-0.3, -0.25) is 4.79 Å². The number of hydrogen-bond acceptors (Lipinski definition) is 5. The van der Waals surface area contributed by atoms with E-state index in [1.807, 2.05) is 0 Å². The topological polar surface area (TPSA) is 110 Å². The minimum Gasteiger partial charge on any atom is -0.394 e. The molecule has 1 amide bonds. The van der Waals surface area contributed by atoms with Crippen LogP contribution in [-0.4, -0.2) is 57.3 Å². The highest BCUT2D eigenvalue weighted by molar-refractivity contribution is 5.80. The van der Waals surface area contributed by atoms with Crippen molar-refractivity contribution in [1.29, 1.82) is 0 Å². The Balaban J connectivity index is 3.77. The lowest BCUT2D eigenvalue weighted by atomic mass is 9.99. The van der Waals surface area contributed by atoms with Crippen LogP contribution in [0.15, 0.2) is 0 Å². The van der Waals surface area contributed by atoms with Gasteiger partial charge in [0.1, 0.15) is 12.2 Å². The first-order valence-electron chi connectivity index (χ1n) is 19.4. The van der Waals surface area contributed by atoms with Crippen LogP contribution in [-0.2, 0) is 4.79 Å². The Kier molecular flexibility index (Phi) is 33.1. The van der Waals surface area contributed by atoms with E-state index >= 15 is 0 Å². The van der Waals surface area contributed by atoms with E-state index < -0.39 is 36.9 Å². The van der Waals surface area contributed by atoms with Crippen molar-refractivity contribution in [2.75, 3.05) is 6.61 Å². The molecule has 0 spiro atoms. The van der Waals surface area contributed by atoms with Crippen LogP contribution in [0.5, 0.6) is 0 Å². The molecule has 6 heteroatoms. The summed E-state index contributed by atoms with van der Waals surface area (Å²) in [6.45, 7) is 4.04. The van der Waals surface area contributed by atoms with Crippen molar-refractivity contribution in [1.82, 2.24) is 5.32 Å². The molecule has 0 aliphatic rings. The van der Waals surface area contributed by atoms with Crippen molar-refractivity contribution in [2.45, 2.75) is 231 Å². The normalized spacial score (nSPS) is 14.4. The second-order valence-electron chi connectivity index (χ2n) is 13.6. The van der Waals surface area contributed by atoms with Gasteiger partial charge in [0.25, 0.3) is 0 Å². The third-order valence-electron chi connectivity index (χ3n) is 9.32. The van der Waals surface area contributed by atoms with Crippen LogP contribution in [0.25, 0.3) is 0 Å². The lowest BCUT2D eigenvalue weighted by molar-refractivity contribution is -0.132. The molecule has 0 saturated carbocycles. The van der Waals surface area contributed by atoms with E-state index in [4.69, 9.17) is 0 Å². The van der Waals surface area contributed by atoms with Gasteiger partial charge < -0.3 is 25.7 Å². The zero-order valence-corrected chi connectivity index (χ0v) is 29.4. The van der Waals surface area contributed by atoms with Crippen molar-refractivity contribution in [3.8, 4) is 0 Å². The van der Waals surface area contributed by atoms with Crippen LogP contribution < -0.4 is 5.32 Å². The average Bonchev–Trinajstić information content (AvgIpc) is 3.03. The Bertz CT molecular complexity index is 590. The number of aliphatic hydroxyl groups is 4. The molecule has 0 bridgehead atoms. The Morgan fingerprint density at radius 3 is 1.09 bits per heavy atom. The summed E-state index contributed by atoms with van der Waals surface area (Å²) in [5.74, 6) is -0.582. The number of aliphatic hydroxyl groups excluding tert-OH is 4. The second-order valence-corrected chi connectivity index (χ2v) is 13.6. The Hall–Kier alpha value is -0.690. The fourth-order valence-corrected chi connectivity index (χ4v) is 6.17. The Labute approximate surface area is 273 Å². The molecule has 5 N–H and O–H groups in total. The van der Waals surface area contributed by atoms with Gasteiger partial charge >= 0.3 is 0 Å². The summed E-state index contributed by atoms with van der Waals surface area (Å²) in [6.07, 6.45) is 32.6. The molecule has 0 aliphatic heterocycles. The lowest BCUT2D eigenvalue weighted by Gasteiger charge is -2.27. The van der Waals surface area contributed by atoms with Gasteiger partial charge in [-0.05, 0) is 12.8 Å². The van der Waals surface area contributed by atoms with Crippen molar-refractivity contribution < 1.29 is 25.2 Å². The molecular formula is C38H77NO5. The molecule has 0 saturated heterocycles. The van der Waals surface area contributed by atoms with E-state index in [1.54, 1.807) is 0 Å². The molecule has 4 unspecified atom stereocenters. The van der Waals surface area contributed by atoms with Crippen LogP contribution >= 0.6 is 0 Å². The van der Waals surface area contributed by atoms with E-state index in [9.17, 15) is 25.2 Å². The SMILES string of the molecule is CCCCCCCCCCCCCCCCC(O)C(=O)NC(CO)C(O)C(O)CCCCCCCCCCCCCCCC. The maximum absolute atomic E-state index is 12.4. The predicted molar refractivity (Wildman–Crippen MR) is 187 cm³/mol. The molecule has 44 heavy (non-hydrogen) atoms. The summed E-state index contributed by atoms with van der Waals surface area (Å²) < 4.78 is 0. The number of unbranched alkanes of at least 4 members (excludes halogenated alkanes) is 26. The van der Waals surface area contributed by atoms with Crippen LogP contribution in [0.4, 0.5) is 0 Å². The highest BCUT2D eigenvalue weighted by atomic mass is 16.3. The standard InChI is InChI=1S/C38H77NO5/c1-3-5-7-9-11-13-15-17-19-21-23-25-27-29-31-35(41)37(43)34(33-40)39-38(44)36(42)32-30-28-26-24-22-20-18-16-14-12-10-8-6-4-2/h34-37,40-43H,3-33H2,1-2H3,(H,39,44). The third-order valence-corrected chi connectivity index (χ3v) is 9.32. The summed E-state index contributed by atoms with van der Waals surface area (Å²) >= 11 is 0. The van der Waals surface area contributed by atoms with Crippen LogP contribution in [0.2, 0.25) is 0 Å². The van der Waals surface area contributed by atoms with Gasteiger partial charge in [0.05, 0.1) is 18.8 Å². The molecule has 0 fully saturated rings. The van der Waals surface area contributed by atoms with E-state index in [-0.39, 0.29) is 0 Å². The molecule has 0 radical (unpaired) electrons. The van der Waals surface area contributed by atoms with Gasteiger partial charge in [0, 0.05) is 0 Å². The first-order chi connectivity index (χ1) is 21.5. The minimum absolute atomic E-state index is 0.375. The van der Waals surface area contributed by atoms with Gasteiger partial charge in [0.2, 0.25) is 5.91 Å². The van der Waals surface area contributed by atoms with Gasteiger partial charge in [-0.15, -0.1) is 0 Å². The summed E-state index contributed by atoms with van der Waals surface area (Å²) in [4.78, 5) is 12.4. The Morgan fingerprint density at radius 2 is 0.773 bits per heavy atom. The molecule has 0 heterocycles. The first-order valence-corrected chi connectivity index (χ1v) is 19.4. The number of carbonyl (C=O) groups is 1. The maximum atomic E-state index is 12.4. The average molecular weight is 628 g/mol. The highest BCUT2D eigenvalue weighted by Crippen LogP contribution is 2.16. The maximum Gasteiger partial charge on any atom is 0.249 e. The molecule has 6 nitrogen and oxygen atoms in total. The zero-order valence-electron chi connectivity index (χ0n) is 29.4. The van der Waals surface area contributed by atoms with Crippen molar-refractivity contribution >= 4 is 5.91 Å². The lowest BCUT2D eigenvalue weighted by Crippen LogP contribution is -2.53. The molecular weight excluding hydrogens is 550 g/mol. The van der Waals surface area contributed by atoms with E-state index in [2.05, 4.69) is 19.2 Å². The van der Waals surface area contributed by atoms with Crippen molar-refractivity contribution in [3.05, 3.63) is 0 Å². The fraction of sp³-hybridized carbons (Fsp3) is 0.974. The summed E-state index contributed by atoms with van der Waals surface area (Å²) in [6, 6.07) is -0.977. The molecule has 0 aromatic heterocycles. The summed E-state index contributed by atoms with van der Waals surface area (Å²) in [7, 11) is 0. The molecule has 0 aliphatic carbocycles. The highest BCUT2D eigenvalue weighted by Gasteiger charge is 2.28. The molecule has 0 aromatic rings. The molecule has 4 atom stereocenters. The van der Waals surface area contributed by atoms with Crippen molar-refractivity contribution in [2.24, 2.45) is 0 Å². The number of carbonyl (C=O) groups excluding carboxylic acids is 1. The molecule has 264 valence electrons. The monoisotopic (exact) mass is 628 g/mol. The minimum atomic E-state index is -1.25. The third kappa shape index (κ3) is 27.6. The van der Waals surface area contributed by atoms with Crippen LogP contribution in [0.1, 0.15) is 206 Å². The molecule has 0 aromatic carbocycles. The summed E-state index contributed by atoms with van der Waals surface area (Å²) in [5, 5.41) is 43.5. The number of hydrogen-bond donors (Lipinski definition) is 5. The number of rotatable bonds is 35. The number of nitrogens with one attached hydrogen (secondary N) is 1. The van der Waals surface area contributed by atoms with Gasteiger partial charge in [-0.1, -0.05) is 194 Å². The van der Waals surface area contributed by atoms with E-state index in [1.165, 1.54) is 141 Å².